The SMILES string of the molecule is CC(O)(CO)[SiH]1CCCC1. The van der Waals surface area contributed by atoms with Crippen LogP contribution >= 0.6 is 0 Å². The highest BCUT2D eigenvalue weighted by Gasteiger charge is 2.34. The molecule has 0 aromatic heterocycles. The molecule has 60 valence electrons. The van der Waals surface area contributed by atoms with Gasteiger partial charge in [-0.05, 0) is 6.92 Å². The Morgan fingerprint density at radius 2 is 1.90 bits per heavy atom. The molecule has 0 aromatic carbocycles. The molecular formula is C7H16O2Si. The van der Waals surface area contributed by atoms with E-state index < -0.39 is 14.0 Å². The molecule has 0 aromatic rings. The van der Waals surface area contributed by atoms with Crippen molar-refractivity contribution in [2.24, 2.45) is 0 Å². The summed E-state index contributed by atoms with van der Waals surface area (Å²) < 4.78 is 0. The topological polar surface area (TPSA) is 40.5 Å². The lowest BCUT2D eigenvalue weighted by Crippen LogP contribution is -2.44. The van der Waals surface area contributed by atoms with Crippen LogP contribution in [0.3, 0.4) is 0 Å². The Morgan fingerprint density at radius 1 is 1.40 bits per heavy atom. The van der Waals surface area contributed by atoms with Crippen molar-refractivity contribution in [2.45, 2.75) is 37.1 Å². The van der Waals surface area contributed by atoms with Crippen molar-refractivity contribution in [2.75, 3.05) is 6.61 Å². The van der Waals surface area contributed by atoms with Crippen molar-refractivity contribution in [3.63, 3.8) is 0 Å². The summed E-state index contributed by atoms with van der Waals surface area (Å²) in [4.78, 5) is 0. The Balaban J connectivity index is 2.45. The van der Waals surface area contributed by atoms with Gasteiger partial charge in [-0.2, -0.15) is 0 Å². The zero-order chi connectivity index (χ0) is 7.61. The minimum absolute atomic E-state index is 0.0378. The van der Waals surface area contributed by atoms with E-state index in [0.717, 1.165) is 0 Å². The average molecular weight is 160 g/mol. The number of aliphatic hydroxyl groups is 2. The van der Waals surface area contributed by atoms with Crippen LogP contribution in [0.25, 0.3) is 0 Å². The minimum Gasteiger partial charge on any atom is -0.394 e. The molecule has 0 aliphatic carbocycles. The summed E-state index contributed by atoms with van der Waals surface area (Å²) in [7, 11) is -0.985. The molecule has 2 N–H and O–H groups in total. The van der Waals surface area contributed by atoms with Crippen LogP contribution in [0.2, 0.25) is 12.1 Å². The monoisotopic (exact) mass is 160 g/mol. The van der Waals surface area contributed by atoms with Gasteiger partial charge in [-0.15, -0.1) is 0 Å². The maximum atomic E-state index is 9.63. The molecule has 0 spiro atoms. The van der Waals surface area contributed by atoms with E-state index in [-0.39, 0.29) is 6.61 Å². The number of aliphatic hydroxyl groups excluding tert-OH is 1. The molecule has 1 unspecified atom stereocenters. The van der Waals surface area contributed by atoms with Crippen LogP contribution in [0.1, 0.15) is 19.8 Å². The normalized spacial score (nSPS) is 26.7. The van der Waals surface area contributed by atoms with E-state index in [9.17, 15) is 5.11 Å². The Morgan fingerprint density at radius 3 is 2.30 bits per heavy atom. The van der Waals surface area contributed by atoms with Gasteiger partial charge >= 0.3 is 0 Å². The first-order chi connectivity index (χ1) is 4.67. The molecule has 0 saturated carbocycles. The average Bonchev–Trinajstić information content (AvgIpc) is 2.38. The first kappa shape index (κ1) is 8.24. The maximum Gasteiger partial charge on any atom is 0.0779 e. The molecule has 2 nitrogen and oxygen atoms in total. The van der Waals surface area contributed by atoms with Crippen molar-refractivity contribution in [3.05, 3.63) is 0 Å². The first-order valence-electron chi connectivity index (χ1n) is 4.00. The lowest BCUT2D eigenvalue weighted by atomic mass is 10.4. The van der Waals surface area contributed by atoms with E-state index in [1.807, 2.05) is 0 Å². The molecule has 1 rings (SSSR count). The van der Waals surface area contributed by atoms with E-state index in [1.165, 1.54) is 24.9 Å². The van der Waals surface area contributed by atoms with E-state index in [2.05, 4.69) is 0 Å². The van der Waals surface area contributed by atoms with E-state index in [1.54, 1.807) is 6.92 Å². The van der Waals surface area contributed by atoms with Crippen molar-refractivity contribution in [1.29, 1.82) is 0 Å². The van der Waals surface area contributed by atoms with Crippen molar-refractivity contribution in [1.82, 2.24) is 0 Å². The fourth-order valence-electron chi connectivity index (χ4n) is 1.68. The third kappa shape index (κ3) is 1.59. The third-order valence-corrected chi connectivity index (χ3v) is 6.71. The second-order valence-electron chi connectivity index (χ2n) is 3.50. The summed E-state index contributed by atoms with van der Waals surface area (Å²) in [5.74, 6) is 0. The predicted octanol–water partition coefficient (Wildman–Crippen LogP) is 0.290. The highest BCUT2D eigenvalue weighted by atomic mass is 28.3. The largest absolute Gasteiger partial charge is 0.394 e. The number of hydrogen-bond acceptors (Lipinski definition) is 2. The number of hydrogen-bond donors (Lipinski definition) is 2. The quantitative estimate of drug-likeness (QED) is 0.570. The predicted molar refractivity (Wildman–Crippen MR) is 43.7 cm³/mol. The third-order valence-electron chi connectivity index (χ3n) is 2.55. The molecule has 1 aliphatic rings. The van der Waals surface area contributed by atoms with E-state index in [4.69, 9.17) is 5.11 Å². The van der Waals surface area contributed by atoms with Crippen molar-refractivity contribution >= 4 is 8.80 Å². The molecule has 3 heteroatoms. The Kier molecular flexibility index (Phi) is 2.49. The van der Waals surface area contributed by atoms with Gasteiger partial charge in [-0.25, -0.2) is 0 Å². The van der Waals surface area contributed by atoms with Crippen LogP contribution < -0.4 is 0 Å². The lowest BCUT2D eigenvalue weighted by molar-refractivity contribution is 0.0659. The molecule has 1 saturated heterocycles. The molecule has 1 atom stereocenters. The zero-order valence-electron chi connectivity index (χ0n) is 6.51. The van der Waals surface area contributed by atoms with E-state index in [0.29, 0.717) is 0 Å². The summed E-state index contributed by atoms with van der Waals surface area (Å²) >= 11 is 0. The lowest BCUT2D eigenvalue weighted by Gasteiger charge is -2.26. The van der Waals surface area contributed by atoms with Crippen LogP contribution in [-0.2, 0) is 0 Å². The molecule has 0 radical (unpaired) electrons. The summed E-state index contributed by atoms with van der Waals surface area (Å²) in [6.07, 6.45) is 2.54. The molecular weight excluding hydrogens is 144 g/mol. The molecule has 1 aliphatic heterocycles. The second-order valence-corrected chi connectivity index (χ2v) is 7.29. The molecule has 0 amide bonds. The van der Waals surface area contributed by atoms with Gasteiger partial charge in [0.15, 0.2) is 0 Å². The summed E-state index contributed by atoms with van der Waals surface area (Å²) in [6.45, 7) is 1.75. The first-order valence-corrected chi connectivity index (χ1v) is 6.21. The zero-order valence-corrected chi connectivity index (χ0v) is 7.66. The maximum absolute atomic E-state index is 9.63. The van der Waals surface area contributed by atoms with Crippen LogP contribution in [0.4, 0.5) is 0 Å². The van der Waals surface area contributed by atoms with Gasteiger partial charge in [0.1, 0.15) is 0 Å². The second kappa shape index (κ2) is 3.03. The van der Waals surface area contributed by atoms with Gasteiger partial charge in [0.25, 0.3) is 0 Å². The Labute approximate surface area is 63.5 Å². The van der Waals surface area contributed by atoms with Crippen LogP contribution in [-0.4, -0.2) is 30.8 Å². The Hall–Kier alpha value is 0.137. The molecule has 1 heterocycles. The Bertz CT molecular complexity index is 108. The molecule has 10 heavy (non-hydrogen) atoms. The van der Waals surface area contributed by atoms with Gasteiger partial charge < -0.3 is 10.2 Å². The van der Waals surface area contributed by atoms with Gasteiger partial charge in [0.2, 0.25) is 0 Å². The van der Waals surface area contributed by atoms with Gasteiger partial charge in [0, 0.05) is 0 Å². The van der Waals surface area contributed by atoms with Crippen LogP contribution in [0, 0.1) is 0 Å². The van der Waals surface area contributed by atoms with Crippen molar-refractivity contribution < 1.29 is 10.2 Å². The fraction of sp³-hybridized carbons (Fsp3) is 1.00. The summed E-state index contributed by atoms with van der Waals surface area (Å²) in [5.41, 5.74) is 0. The minimum atomic E-state index is -0.985. The fourth-order valence-corrected chi connectivity index (χ4v) is 5.03. The van der Waals surface area contributed by atoms with E-state index >= 15 is 0 Å². The van der Waals surface area contributed by atoms with Gasteiger partial charge in [0.05, 0.1) is 20.6 Å². The summed E-state index contributed by atoms with van der Waals surface area (Å²) in [5, 5.41) is 17.8. The van der Waals surface area contributed by atoms with Crippen LogP contribution in [0.15, 0.2) is 0 Å². The molecule has 1 fully saturated rings. The standard InChI is InChI=1S/C7H16O2Si/c1-7(9,6-8)10-4-2-3-5-10/h8-10H,2-6H2,1H3. The summed E-state index contributed by atoms with van der Waals surface area (Å²) in [6, 6.07) is 2.43. The molecule has 0 bridgehead atoms. The smallest absolute Gasteiger partial charge is 0.0779 e. The highest BCUT2D eigenvalue weighted by molar-refractivity contribution is 6.62. The van der Waals surface area contributed by atoms with Crippen molar-refractivity contribution in [3.8, 4) is 0 Å². The van der Waals surface area contributed by atoms with Gasteiger partial charge in [-0.1, -0.05) is 24.9 Å². The van der Waals surface area contributed by atoms with Gasteiger partial charge in [-0.3, -0.25) is 0 Å². The number of rotatable bonds is 2. The van der Waals surface area contributed by atoms with Crippen LogP contribution in [0.5, 0.6) is 0 Å². The highest BCUT2D eigenvalue weighted by Crippen LogP contribution is 2.26.